The Morgan fingerprint density at radius 2 is 1.84 bits per heavy atom. The summed E-state index contributed by atoms with van der Waals surface area (Å²) < 4.78 is 5.73. The van der Waals surface area contributed by atoms with Crippen LogP contribution in [0.15, 0.2) is 24.3 Å². The van der Waals surface area contributed by atoms with Crippen molar-refractivity contribution in [3.8, 4) is 0 Å². The average Bonchev–Trinajstić information content (AvgIpc) is 2.29. The Kier molecular flexibility index (Phi) is 4.56. The van der Waals surface area contributed by atoms with Crippen LogP contribution in [-0.4, -0.2) is 36.1 Å². The van der Waals surface area contributed by atoms with Crippen molar-refractivity contribution in [1.82, 2.24) is 4.90 Å². The molecule has 2 unspecified atom stereocenters. The predicted molar refractivity (Wildman–Crippen MR) is 76.0 cm³/mol. The molecule has 1 aromatic carbocycles. The van der Waals surface area contributed by atoms with E-state index in [1.807, 2.05) is 12.1 Å². The van der Waals surface area contributed by atoms with Crippen LogP contribution in [0, 0.1) is 0 Å². The molecule has 0 bridgehead atoms. The summed E-state index contributed by atoms with van der Waals surface area (Å²) in [6.45, 7) is 8.61. The van der Waals surface area contributed by atoms with Gasteiger partial charge in [0.25, 0.3) is 0 Å². The number of nitrogens with zero attached hydrogens (tertiary/aromatic N) is 1. The maximum atomic E-state index is 11.0. The molecule has 1 fully saturated rings. The predicted octanol–water partition coefficient (Wildman–Crippen LogP) is 2.25. The lowest BCUT2D eigenvalue weighted by Gasteiger charge is -2.35. The molecule has 1 N–H and O–H groups in total. The van der Waals surface area contributed by atoms with Crippen LogP contribution in [-0.2, 0) is 16.1 Å². The SMILES string of the molecule is CC(=O)Nc1ccc(CN2CC(C)OC(C)C2)cc1. The summed E-state index contributed by atoms with van der Waals surface area (Å²) in [6, 6.07) is 8.03. The number of hydrogen-bond donors (Lipinski definition) is 1. The minimum Gasteiger partial charge on any atom is -0.373 e. The summed E-state index contributed by atoms with van der Waals surface area (Å²) in [6.07, 6.45) is 0.588. The number of ether oxygens (including phenoxy) is 1. The Balaban J connectivity index is 1.93. The number of morpholine rings is 1. The van der Waals surface area contributed by atoms with Gasteiger partial charge in [-0.05, 0) is 31.5 Å². The number of carbonyl (C=O) groups is 1. The highest BCUT2D eigenvalue weighted by Gasteiger charge is 2.21. The maximum absolute atomic E-state index is 11.0. The van der Waals surface area contributed by atoms with E-state index >= 15 is 0 Å². The van der Waals surface area contributed by atoms with Crippen LogP contribution in [0.1, 0.15) is 26.3 Å². The molecule has 2 rings (SSSR count). The molecule has 0 saturated carbocycles. The van der Waals surface area contributed by atoms with Gasteiger partial charge in [-0.25, -0.2) is 0 Å². The van der Waals surface area contributed by atoms with E-state index in [-0.39, 0.29) is 5.91 Å². The molecule has 19 heavy (non-hydrogen) atoms. The van der Waals surface area contributed by atoms with E-state index in [1.54, 1.807) is 0 Å². The molecule has 1 aliphatic heterocycles. The molecule has 1 heterocycles. The van der Waals surface area contributed by atoms with Crippen molar-refractivity contribution in [3.63, 3.8) is 0 Å². The third-order valence-electron chi connectivity index (χ3n) is 3.18. The second-order valence-corrected chi connectivity index (χ2v) is 5.33. The number of amides is 1. The largest absolute Gasteiger partial charge is 0.373 e. The zero-order valence-corrected chi connectivity index (χ0v) is 11.8. The first-order valence-electron chi connectivity index (χ1n) is 6.77. The van der Waals surface area contributed by atoms with Crippen LogP contribution in [0.5, 0.6) is 0 Å². The molecular formula is C15H22N2O2. The Bertz CT molecular complexity index is 420. The zero-order chi connectivity index (χ0) is 13.8. The molecule has 1 aliphatic rings. The van der Waals surface area contributed by atoms with Crippen LogP contribution in [0.2, 0.25) is 0 Å². The van der Waals surface area contributed by atoms with E-state index in [0.717, 1.165) is 25.3 Å². The quantitative estimate of drug-likeness (QED) is 0.908. The van der Waals surface area contributed by atoms with Gasteiger partial charge < -0.3 is 10.1 Å². The van der Waals surface area contributed by atoms with E-state index < -0.39 is 0 Å². The number of hydrogen-bond acceptors (Lipinski definition) is 3. The monoisotopic (exact) mass is 262 g/mol. The first kappa shape index (κ1) is 14.0. The molecule has 1 amide bonds. The normalized spacial score (nSPS) is 24.2. The van der Waals surface area contributed by atoms with Gasteiger partial charge >= 0.3 is 0 Å². The summed E-state index contributed by atoms with van der Waals surface area (Å²) in [5, 5.41) is 2.78. The minimum absolute atomic E-state index is 0.0384. The van der Waals surface area contributed by atoms with Gasteiger partial charge in [-0.15, -0.1) is 0 Å². The summed E-state index contributed by atoms with van der Waals surface area (Å²) >= 11 is 0. The maximum Gasteiger partial charge on any atom is 0.221 e. The molecule has 0 aliphatic carbocycles. The van der Waals surface area contributed by atoms with Gasteiger partial charge in [0, 0.05) is 32.2 Å². The topological polar surface area (TPSA) is 41.6 Å². The highest BCUT2D eigenvalue weighted by Crippen LogP contribution is 2.16. The fourth-order valence-electron chi connectivity index (χ4n) is 2.57. The zero-order valence-electron chi connectivity index (χ0n) is 11.8. The molecule has 0 aromatic heterocycles. The lowest BCUT2D eigenvalue weighted by molar-refractivity contribution is -0.114. The first-order valence-corrected chi connectivity index (χ1v) is 6.77. The second kappa shape index (κ2) is 6.17. The molecule has 1 saturated heterocycles. The Morgan fingerprint density at radius 3 is 2.37 bits per heavy atom. The van der Waals surface area contributed by atoms with E-state index in [9.17, 15) is 4.79 Å². The van der Waals surface area contributed by atoms with Crippen molar-refractivity contribution >= 4 is 11.6 Å². The number of rotatable bonds is 3. The van der Waals surface area contributed by atoms with Gasteiger partial charge in [0.2, 0.25) is 5.91 Å². The molecule has 104 valence electrons. The van der Waals surface area contributed by atoms with Crippen LogP contribution < -0.4 is 5.32 Å². The van der Waals surface area contributed by atoms with Gasteiger partial charge in [0.1, 0.15) is 0 Å². The van der Waals surface area contributed by atoms with E-state index in [1.165, 1.54) is 12.5 Å². The Labute approximate surface area is 114 Å². The van der Waals surface area contributed by atoms with Gasteiger partial charge in [0.05, 0.1) is 12.2 Å². The van der Waals surface area contributed by atoms with Crippen molar-refractivity contribution in [2.75, 3.05) is 18.4 Å². The number of carbonyl (C=O) groups excluding carboxylic acids is 1. The molecule has 4 heteroatoms. The first-order chi connectivity index (χ1) is 9.02. The van der Waals surface area contributed by atoms with Gasteiger partial charge in [-0.2, -0.15) is 0 Å². The second-order valence-electron chi connectivity index (χ2n) is 5.33. The Morgan fingerprint density at radius 1 is 1.26 bits per heavy atom. The van der Waals surface area contributed by atoms with Crippen LogP contribution in [0.3, 0.4) is 0 Å². The van der Waals surface area contributed by atoms with Crippen molar-refractivity contribution in [2.45, 2.75) is 39.5 Å². The van der Waals surface area contributed by atoms with Crippen molar-refractivity contribution < 1.29 is 9.53 Å². The van der Waals surface area contributed by atoms with E-state index in [0.29, 0.717) is 12.2 Å². The molecule has 0 radical (unpaired) electrons. The lowest BCUT2D eigenvalue weighted by atomic mass is 10.1. The summed E-state index contributed by atoms with van der Waals surface area (Å²) in [7, 11) is 0. The van der Waals surface area contributed by atoms with Crippen molar-refractivity contribution in [3.05, 3.63) is 29.8 Å². The third-order valence-corrected chi connectivity index (χ3v) is 3.18. The molecule has 1 aromatic rings. The van der Waals surface area contributed by atoms with E-state index in [4.69, 9.17) is 4.74 Å². The van der Waals surface area contributed by atoms with E-state index in [2.05, 4.69) is 36.2 Å². The number of benzene rings is 1. The highest BCUT2D eigenvalue weighted by atomic mass is 16.5. The van der Waals surface area contributed by atoms with Gasteiger partial charge in [-0.1, -0.05) is 12.1 Å². The van der Waals surface area contributed by atoms with Crippen molar-refractivity contribution in [2.24, 2.45) is 0 Å². The van der Waals surface area contributed by atoms with Crippen LogP contribution >= 0.6 is 0 Å². The molecular weight excluding hydrogens is 240 g/mol. The third kappa shape index (κ3) is 4.33. The molecule has 4 nitrogen and oxygen atoms in total. The fourth-order valence-corrected chi connectivity index (χ4v) is 2.57. The summed E-state index contributed by atoms with van der Waals surface area (Å²) in [5.74, 6) is -0.0384. The standard InChI is InChI=1S/C15H22N2O2/c1-11-8-17(9-12(2)19-11)10-14-4-6-15(7-5-14)16-13(3)18/h4-7,11-12H,8-10H2,1-3H3,(H,16,18). The minimum atomic E-state index is -0.0384. The molecule has 0 spiro atoms. The smallest absolute Gasteiger partial charge is 0.221 e. The summed E-state index contributed by atoms with van der Waals surface area (Å²) in [4.78, 5) is 13.4. The Hall–Kier alpha value is -1.39. The number of anilines is 1. The lowest BCUT2D eigenvalue weighted by Crippen LogP contribution is -2.44. The van der Waals surface area contributed by atoms with Crippen molar-refractivity contribution in [1.29, 1.82) is 0 Å². The highest BCUT2D eigenvalue weighted by molar-refractivity contribution is 5.88. The summed E-state index contributed by atoms with van der Waals surface area (Å²) in [5.41, 5.74) is 2.11. The van der Waals surface area contributed by atoms with Gasteiger partial charge in [0.15, 0.2) is 0 Å². The van der Waals surface area contributed by atoms with Crippen LogP contribution in [0.25, 0.3) is 0 Å². The average molecular weight is 262 g/mol. The van der Waals surface area contributed by atoms with Crippen LogP contribution in [0.4, 0.5) is 5.69 Å². The van der Waals surface area contributed by atoms with Gasteiger partial charge in [-0.3, -0.25) is 9.69 Å². The molecule has 2 atom stereocenters. The number of nitrogens with one attached hydrogen (secondary N) is 1. The fraction of sp³-hybridized carbons (Fsp3) is 0.533.